The van der Waals surface area contributed by atoms with Crippen LogP contribution in [0.4, 0.5) is 11.4 Å². The van der Waals surface area contributed by atoms with Gasteiger partial charge in [0.1, 0.15) is 0 Å². The second-order valence-electron chi connectivity index (χ2n) is 4.10. The largest absolute Gasteiger partial charge is 0.481 e. The molecule has 1 N–H and O–H groups in total. The summed E-state index contributed by atoms with van der Waals surface area (Å²) in [6.07, 6.45) is 0.613. The van der Waals surface area contributed by atoms with Crippen molar-refractivity contribution < 1.29 is 19.7 Å². The quantitative estimate of drug-likeness (QED) is 0.641. The normalized spacial score (nSPS) is 16.0. The zero-order valence-corrected chi connectivity index (χ0v) is 9.03. The number of carbonyl (C=O) groups is 1. The van der Waals surface area contributed by atoms with Crippen molar-refractivity contribution in [3.63, 3.8) is 0 Å². The number of carboxylic acid groups (broad SMARTS) is 1. The number of hydrogen-bond acceptors (Lipinski definition) is 5. The summed E-state index contributed by atoms with van der Waals surface area (Å²) in [5.41, 5.74) is -2.15. The molecule has 0 atom stereocenters. The van der Waals surface area contributed by atoms with E-state index in [0.717, 1.165) is 18.2 Å². The van der Waals surface area contributed by atoms with Crippen LogP contribution < -0.4 is 0 Å². The first-order valence-electron chi connectivity index (χ1n) is 5.05. The molecule has 0 aliphatic heterocycles. The summed E-state index contributed by atoms with van der Waals surface area (Å²) in [4.78, 5) is 31.0. The first kappa shape index (κ1) is 12.0. The maximum atomic E-state index is 11.1. The van der Waals surface area contributed by atoms with Crippen LogP contribution in [0.25, 0.3) is 0 Å². The molecule has 1 saturated carbocycles. The molecule has 18 heavy (non-hydrogen) atoms. The molecular weight excluding hydrogens is 244 g/mol. The van der Waals surface area contributed by atoms with Crippen LogP contribution in [0.1, 0.15) is 18.4 Å². The van der Waals surface area contributed by atoms with Gasteiger partial charge in [-0.15, -0.1) is 0 Å². The van der Waals surface area contributed by atoms with Gasteiger partial charge in [0.2, 0.25) is 0 Å². The lowest BCUT2D eigenvalue weighted by Gasteiger charge is -2.09. The average molecular weight is 252 g/mol. The number of aliphatic carboxylic acids is 1. The van der Waals surface area contributed by atoms with Gasteiger partial charge in [0.25, 0.3) is 11.4 Å². The number of carboxylic acids is 1. The molecule has 1 aliphatic rings. The van der Waals surface area contributed by atoms with Gasteiger partial charge in [-0.2, -0.15) is 0 Å². The van der Waals surface area contributed by atoms with Crippen molar-refractivity contribution in [1.29, 1.82) is 0 Å². The Hall–Kier alpha value is -2.51. The molecule has 1 fully saturated rings. The van der Waals surface area contributed by atoms with Crippen molar-refractivity contribution in [2.24, 2.45) is 0 Å². The molecule has 2 rings (SSSR count). The maximum Gasteiger partial charge on any atom is 0.314 e. The Bertz CT molecular complexity index is 563. The van der Waals surface area contributed by atoms with E-state index < -0.39 is 32.6 Å². The fourth-order valence-electron chi connectivity index (χ4n) is 1.91. The minimum absolute atomic E-state index is 0.0330. The molecule has 0 spiro atoms. The zero-order chi connectivity index (χ0) is 13.5. The summed E-state index contributed by atoms with van der Waals surface area (Å²) in [7, 11) is 0. The molecule has 1 aromatic rings. The summed E-state index contributed by atoms with van der Waals surface area (Å²) in [6, 6.07) is 3.06. The molecule has 1 aliphatic carbocycles. The number of benzene rings is 1. The van der Waals surface area contributed by atoms with Crippen molar-refractivity contribution in [1.82, 2.24) is 0 Å². The van der Waals surface area contributed by atoms with Crippen LogP contribution in [0.5, 0.6) is 0 Å². The van der Waals surface area contributed by atoms with Crippen molar-refractivity contribution in [3.8, 4) is 0 Å². The molecule has 8 nitrogen and oxygen atoms in total. The lowest BCUT2D eigenvalue weighted by atomic mass is 9.94. The first-order chi connectivity index (χ1) is 8.38. The van der Waals surface area contributed by atoms with Crippen molar-refractivity contribution in [2.45, 2.75) is 18.3 Å². The van der Waals surface area contributed by atoms with Gasteiger partial charge < -0.3 is 5.11 Å². The topological polar surface area (TPSA) is 124 Å². The number of nitrogens with zero attached hydrogens (tertiary/aromatic N) is 2. The first-order valence-corrected chi connectivity index (χ1v) is 5.05. The van der Waals surface area contributed by atoms with Gasteiger partial charge in [0, 0.05) is 11.6 Å². The summed E-state index contributed by atoms with van der Waals surface area (Å²) in [6.45, 7) is 0. The molecule has 94 valence electrons. The smallest absolute Gasteiger partial charge is 0.314 e. The standard InChI is InChI=1S/C10H8N2O6/c13-9(14)10(3-4-10)7-2-1-6(11(15)16)5-8(7)12(17)18/h1-2,5H,3-4H2,(H,13,14). The molecule has 0 unspecified atom stereocenters. The fourth-order valence-corrected chi connectivity index (χ4v) is 1.91. The third-order valence-corrected chi connectivity index (χ3v) is 3.06. The molecule has 8 heteroatoms. The van der Waals surface area contributed by atoms with Crippen LogP contribution in [-0.4, -0.2) is 20.9 Å². The molecule has 0 amide bonds. The second kappa shape index (κ2) is 3.76. The predicted octanol–water partition coefficient (Wildman–Crippen LogP) is 1.62. The van der Waals surface area contributed by atoms with E-state index in [1.165, 1.54) is 0 Å². The van der Waals surface area contributed by atoms with E-state index in [9.17, 15) is 25.0 Å². The predicted molar refractivity (Wildman–Crippen MR) is 58.3 cm³/mol. The third-order valence-electron chi connectivity index (χ3n) is 3.06. The molecule has 0 aromatic heterocycles. The number of nitro groups is 2. The van der Waals surface area contributed by atoms with Gasteiger partial charge in [0.05, 0.1) is 21.3 Å². The SMILES string of the molecule is O=C(O)C1(c2ccc([N+](=O)[O-])cc2[N+](=O)[O-])CC1. The van der Waals surface area contributed by atoms with Gasteiger partial charge in [-0.3, -0.25) is 25.0 Å². The molecular formula is C10H8N2O6. The van der Waals surface area contributed by atoms with Crippen LogP contribution in [-0.2, 0) is 10.2 Å². The fraction of sp³-hybridized carbons (Fsp3) is 0.300. The van der Waals surface area contributed by atoms with E-state index in [2.05, 4.69) is 0 Å². The lowest BCUT2D eigenvalue weighted by molar-refractivity contribution is -0.394. The Morgan fingerprint density at radius 1 is 1.22 bits per heavy atom. The van der Waals surface area contributed by atoms with Crippen molar-refractivity contribution >= 4 is 17.3 Å². The highest BCUT2D eigenvalue weighted by Gasteiger charge is 2.55. The van der Waals surface area contributed by atoms with Crippen LogP contribution in [0, 0.1) is 20.2 Å². The highest BCUT2D eigenvalue weighted by Crippen LogP contribution is 2.51. The van der Waals surface area contributed by atoms with Crippen LogP contribution in [0.15, 0.2) is 18.2 Å². The van der Waals surface area contributed by atoms with E-state index in [1.54, 1.807) is 0 Å². The third kappa shape index (κ3) is 1.67. The maximum absolute atomic E-state index is 11.1. The number of nitro benzene ring substituents is 2. The summed E-state index contributed by atoms with van der Waals surface area (Å²) in [5, 5.41) is 30.5. The molecule has 0 saturated heterocycles. The number of non-ortho nitro benzene ring substituents is 1. The van der Waals surface area contributed by atoms with E-state index >= 15 is 0 Å². The minimum Gasteiger partial charge on any atom is -0.481 e. The van der Waals surface area contributed by atoms with Gasteiger partial charge in [-0.1, -0.05) is 0 Å². The molecule has 1 aromatic carbocycles. The Morgan fingerprint density at radius 3 is 2.22 bits per heavy atom. The van der Waals surface area contributed by atoms with E-state index in [-0.39, 0.29) is 5.56 Å². The Labute approximate surface area is 100 Å². The van der Waals surface area contributed by atoms with Crippen LogP contribution in [0.3, 0.4) is 0 Å². The van der Waals surface area contributed by atoms with Gasteiger partial charge >= 0.3 is 5.97 Å². The highest BCUT2D eigenvalue weighted by atomic mass is 16.6. The average Bonchev–Trinajstić information content (AvgIpc) is 3.09. The van der Waals surface area contributed by atoms with E-state index in [4.69, 9.17) is 5.11 Å². The zero-order valence-electron chi connectivity index (χ0n) is 9.03. The Balaban J connectivity index is 2.58. The highest BCUT2D eigenvalue weighted by molar-refractivity contribution is 5.86. The van der Waals surface area contributed by atoms with Gasteiger partial charge in [0.15, 0.2) is 0 Å². The number of rotatable bonds is 4. The monoisotopic (exact) mass is 252 g/mol. The molecule has 0 radical (unpaired) electrons. The van der Waals surface area contributed by atoms with Crippen molar-refractivity contribution in [3.05, 3.63) is 44.0 Å². The minimum atomic E-state index is -1.25. The van der Waals surface area contributed by atoms with E-state index in [0.29, 0.717) is 12.8 Å². The van der Waals surface area contributed by atoms with Crippen molar-refractivity contribution in [2.75, 3.05) is 0 Å². The molecule has 0 heterocycles. The second-order valence-corrected chi connectivity index (χ2v) is 4.10. The summed E-state index contributed by atoms with van der Waals surface area (Å²) in [5.74, 6) is -1.14. The van der Waals surface area contributed by atoms with E-state index in [1.807, 2.05) is 0 Å². The van der Waals surface area contributed by atoms with Gasteiger partial charge in [-0.25, -0.2) is 0 Å². The molecule has 0 bridgehead atoms. The summed E-state index contributed by atoms with van der Waals surface area (Å²) < 4.78 is 0. The Kier molecular flexibility index (Phi) is 2.50. The van der Waals surface area contributed by atoms with Gasteiger partial charge in [-0.05, 0) is 18.9 Å². The summed E-state index contributed by atoms with van der Waals surface area (Å²) >= 11 is 0. The van der Waals surface area contributed by atoms with Crippen LogP contribution >= 0.6 is 0 Å². The van der Waals surface area contributed by atoms with Crippen LogP contribution in [0.2, 0.25) is 0 Å². The lowest BCUT2D eigenvalue weighted by Crippen LogP contribution is -2.20. The Morgan fingerprint density at radius 2 is 1.83 bits per heavy atom. The number of hydrogen-bond donors (Lipinski definition) is 1.